The number of nitrogens with one attached hydrogen (secondary N) is 1. The number of aryl methyl sites for hydroxylation is 1. The molecule has 0 aliphatic heterocycles. The third kappa shape index (κ3) is 4.63. The largest absolute Gasteiger partial charge is 0.493 e. The van der Waals surface area contributed by atoms with Crippen molar-refractivity contribution < 1.29 is 14.4 Å². The van der Waals surface area contributed by atoms with Gasteiger partial charge < -0.3 is 9.47 Å². The first-order valence-electron chi connectivity index (χ1n) is 8.30. The van der Waals surface area contributed by atoms with Crippen LogP contribution in [0.25, 0.3) is 0 Å². The Balaban J connectivity index is 1.85. The second kappa shape index (κ2) is 8.96. The predicted octanol–water partition coefficient (Wildman–Crippen LogP) is 4.39. The molecule has 0 saturated heterocycles. The van der Waals surface area contributed by atoms with E-state index in [-0.39, 0.29) is 23.8 Å². The summed E-state index contributed by atoms with van der Waals surface area (Å²) in [7, 11) is 1.44. The lowest BCUT2D eigenvalue weighted by atomic mass is 10.1. The van der Waals surface area contributed by atoms with Crippen LogP contribution < -0.4 is 14.9 Å². The zero-order chi connectivity index (χ0) is 19.9. The quantitative estimate of drug-likeness (QED) is 0.343. The third-order valence-electron chi connectivity index (χ3n) is 3.91. The Hall–Kier alpha value is -3.46. The number of ether oxygens (including phenoxy) is 2. The molecule has 0 unspecified atom stereocenters. The van der Waals surface area contributed by atoms with Crippen LogP contribution in [0, 0.1) is 17.0 Å². The van der Waals surface area contributed by atoms with Crippen molar-refractivity contribution in [1.82, 2.24) is 4.98 Å². The molecule has 0 amide bonds. The van der Waals surface area contributed by atoms with E-state index in [1.807, 2.05) is 36.6 Å². The molecule has 1 aromatic heterocycles. The summed E-state index contributed by atoms with van der Waals surface area (Å²) in [5.41, 5.74) is 5.05. The monoisotopic (exact) mass is 398 g/mol. The Morgan fingerprint density at radius 2 is 2.18 bits per heavy atom. The smallest absolute Gasteiger partial charge is 0.315 e. The average molecular weight is 398 g/mol. The van der Waals surface area contributed by atoms with E-state index in [4.69, 9.17) is 9.47 Å². The molecule has 0 bridgehead atoms. The Morgan fingerprint density at radius 1 is 1.36 bits per heavy atom. The first-order valence-corrected chi connectivity index (χ1v) is 9.18. The van der Waals surface area contributed by atoms with Gasteiger partial charge in [-0.1, -0.05) is 24.3 Å². The number of hydrazone groups is 1. The Kier molecular flexibility index (Phi) is 6.18. The van der Waals surface area contributed by atoms with Crippen molar-refractivity contribution in [2.75, 3.05) is 12.5 Å². The number of nitro benzene ring substituents is 1. The van der Waals surface area contributed by atoms with Crippen molar-refractivity contribution in [3.63, 3.8) is 0 Å². The molecular weight excluding hydrogens is 380 g/mol. The molecule has 0 aliphatic rings. The van der Waals surface area contributed by atoms with Gasteiger partial charge in [0.2, 0.25) is 10.9 Å². The van der Waals surface area contributed by atoms with Crippen LogP contribution in [-0.2, 0) is 6.61 Å². The standard InChI is InChI=1S/C19H18N4O4S/c1-13-5-3-4-6-15(13)12-27-18-16(23(24)25)9-14(10-17(18)26-2)11-21-22-19-20-7-8-28-19/h3-11H,12H2,1-2H3,(H,20,22)/b21-11-. The van der Waals surface area contributed by atoms with Gasteiger partial charge in [0.25, 0.3) is 0 Å². The van der Waals surface area contributed by atoms with Crippen molar-refractivity contribution in [3.8, 4) is 11.5 Å². The van der Waals surface area contributed by atoms with E-state index in [2.05, 4.69) is 15.5 Å². The van der Waals surface area contributed by atoms with E-state index < -0.39 is 4.92 Å². The van der Waals surface area contributed by atoms with Gasteiger partial charge in [-0.05, 0) is 24.1 Å². The number of nitro groups is 1. The number of nitrogens with zero attached hydrogens (tertiary/aromatic N) is 3. The fourth-order valence-corrected chi connectivity index (χ4v) is 2.96. The van der Waals surface area contributed by atoms with Gasteiger partial charge in [-0.3, -0.25) is 15.5 Å². The van der Waals surface area contributed by atoms with Crippen LogP contribution in [0.1, 0.15) is 16.7 Å². The maximum absolute atomic E-state index is 11.6. The maximum atomic E-state index is 11.6. The number of methoxy groups -OCH3 is 1. The van der Waals surface area contributed by atoms with E-state index in [1.54, 1.807) is 12.3 Å². The second-order valence-corrected chi connectivity index (χ2v) is 6.65. The molecule has 8 nitrogen and oxygen atoms in total. The van der Waals surface area contributed by atoms with Gasteiger partial charge in [-0.15, -0.1) is 11.3 Å². The predicted molar refractivity (Wildman–Crippen MR) is 108 cm³/mol. The van der Waals surface area contributed by atoms with Gasteiger partial charge in [-0.25, -0.2) is 4.98 Å². The highest BCUT2D eigenvalue weighted by Gasteiger charge is 2.22. The summed E-state index contributed by atoms with van der Waals surface area (Å²) < 4.78 is 11.1. The van der Waals surface area contributed by atoms with Gasteiger partial charge in [0, 0.05) is 23.2 Å². The summed E-state index contributed by atoms with van der Waals surface area (Å²) >= 11 is 1.39. The molecule has 1 heterocycles. The molecule has 9 heteroatoms. The van der Waals surface area contributed by atoms with E-state index in [1.165, 1.54) is 30.7 Å². The van der Waals surface area contributed by atoms with Crippen LogP contribution in [0.2, 0.25) is 0 Å². The zero-order valence-electron chi connectivity index (χ0n) is 15.3. The molecule has 0 atom stereocenters. The molecule has 0 radical (unpaired) electrons. The highest BCUT2D eigenvalue weighted by atomic mass is 32.1. The van der Waals surface area contributed by atoms with E-state index >= 15 is 0 Å². The first kappa shape index (κ1) is 19.3. The molecule has 28 heavy (non-hydrogen) atoms. The number of rotatable bonds is 8. The third-order valence-corrected chi connectivity index (χ3v) is 4.59. The SMILES string of the molecule is COc1cc(/C=N\Nc2nccs2)cc([N+](=O)[O-])c1OCc1ccccc1C. The molecule has 0 saturated carbocycles. The van der Waals surface area contributed by atoms with E-state index in [0.717, 1.165) is 11.1 Å². The molecule has 0 spiro atoms. The molecule has 2 aromatic carbocycles. The fourth-order valence-electron chi connectivity index (χ4n) is 2.48. The molecule has 144 valence electrons. The van der Waals surface area contributed by atoms with Gasteiger partial charge >= 0.3 is 5.69 Å². The van der Waals surface area contributed by atoms with Crippen LogP contribution in [-0.4, -0.2) is 23.2 Å². The minimum absolute atomic E-state index is 0.0841. The summed E-state index contributed by atoms with van der Waals surface area (Å²) in [6.07, 6.45) is 3.11. The fraction of sp³-hybridized carbons (Fsp3) is 0.158. The lowest BCUT2D eigenvalue weighted by Gasteiger charge is -2.13. The van der Waals surface area contributed by atoms with Crippen molar-refractivity contribution in [3.05, 3.63) is 74.8 Å². The molecule has 0 fully saturated rings. The van der Waals surface area contributed by atoms with Gasteiger partial charge in [-0.2, -0.15) is 5.10 Å². The summed E-state index contributed by atoms with van der Waals surface area (Å²) in [4.78, 5) is 15.1. The highest BCUT2D eigenvalue weighted by molar-refractivity contribution is 7.13. The Morgan fingerprint density at radius 3 is 2.86 bits per heavy atom. The Bertz CT molecular complexity index is 990. The van der Waals surface area contributed by atoms with Crippen LogP contribution in [0.4, 0.5) is 10.8 Å². The van der Waals surface area contributed by atoms with Crippen molar-refractivity contribution in [2.24, 2.45) is 5.10 Å². The number of anilines is 1. The second-order valence-electron chi connectivity index (χ2n) is 5.75. The number of aromatic nitrogens is 1. The summed E-state index contributed by atoms with van der Waals surface area (Å²) in [5, 5.41) is 18.1. The lowest BCUT2D eigenvalue weighted by molar-refractivity contribution is -0.386. The molecule has 3 aromatic rings. The topological polar surface area (TPSA) is 98.9 Å². The van der Waals surface area contributed by atoms with Crippen LogP contribution in [0.3, 0.4) is 0 Å². The normalized spacial score (nSPS) is 10.8. The molecule has 3 rings (SSSR count). The minimum atomic E-state index is -0.499. The first-order chi connectivity index (χ1) is 13.6. The zero-order valence-corrected chi connectivity index (χ0v) is 16.1. The minimum Gasteiger partial charge on any atom is -0.493 e. The van der Waals surface area contributed by atoms with Crippen molar-refractivity contribution >= 4 is 28.4 Å². The molecule has 1 N–H and O–H groups in total. The van der Waals surface area contributed by atoms with Gasteiger partial charge in [0.1, 0.15) is 6.61 Å². The number of benzene rings is 2. The number of hydrogen-bond acceptors (Lipinski definition) is 8. The summed E-state index contributed by atoms with van der Waals surface area (Å²) in [5.74, 6) is 0.347. The summed E-state index contributed by atoms with van der Waals surface area (Å²) in [6.45, 7) is 2.16. The van der Waals surface area contributed by atoms with Gasteiger partial charge in [0.05, 0.1) is 18.2 Å². The van der Waals surface area contributed by atoms with Crippen LogP contribution in [0.15, 0.2) is 53.1 Å². The highest BCUT2D eigenvalue weighted by Crippen LogP contribution is 2.38. The molecular formula is C19H18N4O4S. The average Bonchev–Trinajstić information content (AvgIpc) is 3.20. The number of thiazole rings is 1. The van der Waals surface area contributed by atoms with Gasteiger partial charge in [0.15, 0.2) is 5.75 Å². The summed E-state index contributed by atoms with van der Waals surface area (Å²) in [6, 6.07) is 10.7. The molecule has 0 aliphatic carbocycles. The number of hydrogen-bond donors (Lipinski definition) is 1. The van der Waals surface area contributed by atoms with Crippen molar-refractivity contribution in [1.29, 1.82) is 0 Å². The van der Waals surface area contributed by atoms with E-state index in [9.17, 15) is 10.1 Å². The van der Waals surface area contributed by atoms with E-state index in [0.29, 0.717) is 10.7 Å². The van der Waals surface area contributed by atoms with Crippen LogP contribution in [0.5, 0.6) is 11.5 Å². The lowest BCUT2D eigenvalue weighted by Crippen LogP contribution is -2.04. The van der Waals surface area contributed by atoms with Crippen molar-refractivity contribution in [2.45, 2.75) is 13.5 Å². The Labute approximate surface area is 165 Å². The maximum Gasteiger partial charge on any atom is 0.315 e. The van der Waals surface area contributed by atoms with Crippen LogP contribution >= 0.6 is 11.3 Å².